The van der Waals surface area contributed by atoms with Crippen LogP contribution in [0.15, 0.2) is 24.3 Å². The highest BCUT2D eigenvalue weighted by atomic mass is 16.2. The molecule has 0 saturated carbocycles. The van der Waals surface area contributed by atoms with Crippen LogP contribution in [0, 0.1) is 17.2 Å². The number of hydrogen-bond acceptors (Lipinski definition) is 3. The summed E-state index contributed by atoms with van der Waals surface area (Å²) in [6, 6.07) is 8.55. The molecule has 6 heteroatoms. The van der Waals surface area contributed by atoms with Crippen molar-refractivity contribution in [1.82, 2.24) is 9.80 Å². The van der Waals surface area contributed by atoms with Crippen LogP contribution in [-0.4, -0.2) is 40.9 Å². The predicted octanol–water partition coefficient (Wildman–Crippen LogP) is 1.70. The molecule has 1 heterocycles. The second-order valence-electron chi connectivity index (χ2n) is 5.94. The Hall–Kier alpha value is -2.55. The Kier molecular flexibility index (Phi) is 5.22. The fourth-order valence-electron chi connectivity index (χ4n) is 2.93. The number of nitrogens with two attached hydrogens (primary N) is 1. The first-order chi connectivity index (χ1) is 11.0. The number of amides is 3. The third kappa shape index (κ3) is 3.62. The number of carbonyl (C=O) groups is 2. The van der Waals surface area contributed by atoms with Gasteiger partial charge in [0.1, 0.15) is 6.04 Å². The molecule has 1 aliphatic heterocycles. The van der Waals surface area contributed by atoms with Crippen LogP contribution < -0.4 is 5.73 Å². The monoisotopic (exact) mass is 314 g/mol. The van der Waals surface area contributed by atoms with E-state index in [1.165, 1.54) is 0 Å². The lowest BCUT2D eigenvalue weighted by atomic mass is 9.97. The highest BCUT2D eigenvalue weighted by Crippen LogP contribution is 2.22. The lowest BCUT2D eigenvalue weighted by Crippen LogP contribution is -2.50. The number of urea groups is 1. The van der Waals surface area contributed by atoms with Gasteiger partial charge >= 0.3 is 6.03 Å². The van der Waals surface area contributed by atoms with Crippen LogP contribution in [0.3, 0.4) is 0 Å². The third-order valence-electron chi connectivity index (χ3n) is 4.37. The van der Waals surface area contributed by atoms with Crippen molar-refractivity contribution in [2.45, 2.75) is 32.9 Å². The Morgan fingerprint density at radius 1 is 1.43 bits per heavy atom. The summed E-state index contributed by atoms with van der Waals surface area (Å²) in [6.07, 6.45) is 0.779. The molecule has 0 spiro atoms. The largest absolute Gasteiger partial charge is 0.368 e. The fourth-order valence-corrected chi connectivity index (χ4v) is 2.93. The summed E-state index contributed by atoms with van der Waals surface area (Å²) < 4.78 is 0. The molecule has 1 aromatic rings. The van der Waals surface area contributed by atoms with Crippen molar-refractivity contribution in [2.75, 3.05) is 13.1 Å². The van der Waals surface area contributed by atoms with Gasteiger partial charge in [0, 0.05) is 19.6 Å². The molecule has 0 bridgehead atoms. The van der Waals surface area contributed by atoms with Crippen LogP contribution in [0.1, 0.15) is 31.4 Å². The van der Waals surface area contributed by atoms with E-state index in [4.69, 9.17) is 11.0 Å². The highest BCUT2D eigenvalue weighted by Gasteiger charge is 2.38. The van der Waals surface area contributed by atoms with E-state index in [9.17, 15) is 9.59 Å². The normalized spacial score (nSPS) is 17.0. The minimum atomic E-state index is -0.567. The molecular formula is C17H22N4O2. The van der Waals surface area contributed by atoms with Crippen molar-refractivity contribution in [3.05, 3.63) is 35.4 Å². The number of nitriles is 1. The van der Waals surface area contributed by atoms with Crippen molar-refractivity contribution in [2.24, 2.45) is 11.7 Å². The fraction of sp³-hybridized carbons (Fsp3) is 0.471. The maximum Gasteiger partial charge on any atom is 0.321 e. The summed E-state index contributed by atoms with van der Waals surface area (Å²) >= 11 is 0. The van der Waals surface area contributed by atoms with Gasteiger partial charge in [0.15, 0.2) is 0 Å². The van der Waals surface area contributed by atoms with Gasteiger partial charge in [-0.2, -0.15) is 5.26 Å². The van der Waals surface area contributed by atoms with Crippen LogP contribution >= 0.6 is 0 Å². The first-order valence-electron chi connectivity index (χ1n) is 7.81. The summed E-state index contributed by atoms with van der Waals surface area (Å²) in [7, 11) is 0. The second kappa shape index (κ2) is 7.14. The molecule has 1 aromatic carbocycles. The summed E-state index contributed by atoms with van der Waals surface area (Å²) in [5.74, 6) is -0.431. The summed E-state index contributed by atoms with van der Waals surface area (Å²) in [4.78, 5) is 27.6. The number of rotatable bonds is 6. The molecule has 2 unspecified atom stereocenters. The van der Waals surface area contributed by atoms with E-state index in [-0.39, 0.29) is 11.9 Å². The summed E-state index contributed by atoms with van der Waals surface area (Å²) in [5.41, 5.74) is 6.98. The third-order valence-corrected chi connectivity index (χ3v) is 4.37. The molecule has 122 valence electrons. The molecule has 2 N–H and O–H groups in total. The number of hydrogen-bond donors (Lipinski definition) is 1. The maximum absolute atomic E-state index is 12.6. The lowest BCUT2D eigenvalue weighted by Gasteiger charge is -2.29. The van der Waals surface area contributed by atoms with Gasteiger partial charge < -0.3 is 15.5 Å². The quantitative estimate of drug-likeness (QED) is 0.866. The molecule has 3 amide bonds. The minimum Gasteiger partial charge on any atom is -0.368 e. The standard InChI is InChI=1S/C17H22N4O2/c1-3-12(2)15(16(19)22)21-8-7-20(17(21)23)11-14-6-4-5-13(9-14)10-18/h4-6,9,12,15H,3,7-8,11H2,1-2H3,(H2,19,22). The van der Waals surface area contributed by atoms with Crippen LogP contribution in [0.5, 0.6) is 0 Å². The van der Waals surface area contributed by atoms with Gasteiger partial charge in [-0.05, 0) is 23.6 Å². The topological polar surface area (TPSA) is 90.4 Å². The zero-order valence-electron chi connectivity index (χ0n) is 13.5. The van der Waals surface area contributed by atoms with E-state index in [1.54, 1.807) is 28.0 Å². The summed E-state index contributed by atoms with van der Waals surface area (Å²) in [6.45, 7) is 5.38. The van der Waals surface area contributed by atoms with Gasteiger partial charge in [-0.3, -0.25) is 4.79 Å². The van der Waals surface area contributed by atoms with Gasteiger partial charge in [0.2, 0.25) is 5.91 Å². The van der Waals surface area contributed by atoms with Crippen molar-refractivity contribution >= 4 is 11.9 Å². The molecule has 6 nitrogen and oxygen atoms in total. The molecule has 0 radical (unpaired) electrons. The molecule has 0 aromatic heterocycles. The van der Waals surface area contributed by atoms with Crippen LogP contribution in [-0.2, 0) is 11.3 Å². The van der Waals surface area contributed by atoms with Crippen molar-refractivity contribution < 1.29 is 9.59 Å². The van der Waals surface area contributed by atoms with Gasteiger partial charge in [-0.1, -0.05) is 32.4 Å². The Balaban J connectivity index is 2.11. The van der Waals surface area contributed by atoms with E-state index in [1.807, 2.05) is 19.9 Å². The van der Waals surface area contributed by atoms with E-state index in [0.717, 1.165) is 12.0 Å². The Morgan fingerprint density at radius 3 is 2.78 bits per heavy atom. The van der Waals surface area contributed by atoms with Crippen molar-refractivity contribution in [3.63, 3.8) is 0 Å². The molecule has 1 fully saturated rings. The van der Waals surface area contributed by atoms with Gasteiger partial charge in [0.05, 0.1) is 11.6 Å². The molecule has 1 aliphatic rings. The molecule has 2 rings (SSSR count). The van der Waals surface area contributed by atoms with Crippen molar-refractivity contribution in [3.8, 4) is 6.07 Å². The van der Waals surface area contributed by atoms with E-state index in [2.05, 4.69) is 6.07 Å². The summed E-state index contributed by atoms with van der Waals surface area (Å²) in [5, 5.41) is 8.95. The van der Waals surface area contributed by atoms with E-state index >= 15 is 0 Å². The average molecular weight is 314 g/mol. The van der Waals surface area contributed by atoms with Crippen LogP contribution in [0.25, 0.3) is 0 Å². The second-order valence-corrected chi connectivity index (χ2v) is 5.94. The van der Waals surface area contributed by atoms with Gasteiger partial charge in [-0.25, -0.2) is 4.79 Å². The van der Waals surface area contributed by atoms with Crippen molar-refractivity contribution in [1.29, 1.82) is 5.26 Å². The molecule has 2 atom stereocenters. The smallest absolute Gasteiger partial charge is 0.321 e. The zero-order chi connectivity index (χ0) is 17.0. The highest BCUT2D eigenvalue weighted by molar-refractivity contribution is 5.87. The molecular weight excluding hydrogens is 292 g/mol. The number of benzene rings is 1. The Morgan fingerprint density at radius 2 is 2.17 bits per heavy atom. The number of carbonyl (C=O) groups excluding carboxylic acids is 2. The van der Waals surface area contributed by atoms with Crippen LogP contribution in [0.4, 0.5) is 4.79 Å². The number of primary amides is 1. The first-order valence-corrected chi connectivity index (χ1v) is 7.81. The Bertz CT molecular complexity index is 638. The molecule has 23 heavy (non-hydrogen) atoms. The molecule has 0 aliphatic carbocycles. The Labute approximate surface area is 136 Å². The SMILES string of the molecule is CCC(C)C(C(N)=O)N1CCN(Cc2cccc(C#N)c2)C1=O. The van der Waals surface area contributed by atoms with E-state index in [0.29, 0.717) is 25.2 Å². The number of nitrogens with zero attached hydrogens (tertiary/aromatic N) is 3. The van der Waals surface area contributed by atoms with Gasteiger partial charge in [0.25, 0.3) is 0 Å². The molecule has 1 saturated heterocycles. The van der Waals surface area contributed by atoms with Crippen LogP contribution in [0.2, 0.25) is 0 Å². The van der Waals surface area contributed by atoms with Gasteiger partial charge in [-0.15, -0.1) is 0 Å². The zero-order valence-corrected chi connectivity index (χ0v) is 13.5. The average Bonchev–Trinajstić information content (AvgIpc) is 2.88. The minimum absolute atomic E-state index is 0.0262. The maximum atomic E-state index is 12.6. The van der Waals surface area contributed by atoms with E-state index < -0.39 is 11.9 Å². The first kappa shape index (κ1) is 16.8. The predicted molar refractivity (Wildman–Crippen MR) is 86.1 cm³/mol. The lowest BCUT2D eigenvalue weighted by molar-refractivity contribution is -0.123.